The van der Waals surface area contributed by atoms with Gasteiger partial charge in [0.2, 0.25) is 0 Å². The van der Waals surface area contributed by atoms with E-state index in [2.05, 4.69) is 9.97 Å². The minimum Gasteiger partial charge on any atom is -0.389 e. The van der Waals surface area contributed by atoms with E-state index in [1.54, 1.807) is 13.8 Å². The number of fused-ring (bicyclic) bond motifs is 1. The third-order valence-corrected chi connectivity index (χ3v) is 3.80. The molecule has 0 radical (unpaired) electrons. The Balaban J connectivity index is 1.99. The Bertz CT molecular complexity index is 885. The van der Waals surface area contributed by atoms with Gasteiger partial charge < -0.3 is 15.0 Å². The molecule has 3 rings (SSSR count). The second-order valence-corrected chi connectivity index (χ2v) is 6.71. The Hall–Kier alpha value is -2.73. The molecule has 0 aliphatic heterocycles. The Morgan fingerprint density at radius 2 is 2.00 bits per heavy atom. The van der Waals surface area contributed by atoms with E-state index in [0.29, 0.717) is 17.6 Å². The standard InChI is InChI=1S/C19H20FN3O2/c1-19(2,25)11-23(10-13-6-4-3-5-7-13)18(24)15-8-14(20)9-16-17(15)22-12-21-16/h3-9,12,25H,10-11H2,1-2H3,(H,21,22). The zero-order valence-electron chi connectivity index (χ0n) is 14.2. The predicted molar refractivity (Wildman–Crippen MR) is 93.5 cm³/mol. The minimum absolute atomic E-state index is 0.114. The first-order valence-electron chi connectivity index (χ1n) is 8.02. The van der Waals surface area contributed by atoms with Crippen molar-refractivity contribution >= 4 is 16.9 Å². The molecule has 0 aliphatic carbocycles. The van der Waals surface area contributed by atoms with Gasteiger partial charge in [-0.3, -0.25) is 4.79 Å². The summed E-state index contributed by atoms with van der Waals surface area (Å²) in [6.45, 7) is 3.69. The number of H-pyrrole nitrogens is 1. The number of amides is 1. The van der Waals surface area contributed by atoms with Crippen molar-refractivity contribution in [2.45, 2.75) is 26.0 Å². The summed E-state index contributed by atoms with van der Waals surface area (Å²) < 4.78 is 13.9. The molecule has 2 aromatic carbocycles. The number of aromatic nitrogens is 2. The van der Waals surface area contributed by atoms with Gasteiger partial charge in [-0.1, -0.05) is 30.3 Å². The molecule has 3 aromatic rings. The second-order valence-electron chi connectivity index (χ2n) is 6.71. The van der Waals surface area contributed by atoms with Gasteiger partial charge >= 0.3 is 0 Å². The van der Waals surface area contributed by atoms with Gasteiger partial charge in [0.1, 0.15) is 11.3 Å². The third kappa shape index (κ3) is 4.03. The van der Waals surface area contributed by atoms with E-state index in [9.17, 15) is 14.3 Å². The summed E-state index contributed by atoms with van der Waals surface area (Å²) in [5.41, 5.74) is 0.903. The van der Waals surface area contributed by atoms with Crippen LogP contribution in [0.3, 0.4) is 0 Å². The highest BCUT2D eigenvalue weighted by atomic mass is 19.1. The first-order chi connectivity index (χ1) is 11.8. The molecule has 0 atom stereocenters. The molecule has 25 heavy (non-hydrogen) atoms. The summed E-state index contributed by atoms with van der Waals surface area (Å²) in [5.74, 6) is -0.884. The quantitative estimate of drug-likeness (QED) is 0.749. The molecule has 1 heterocycles. The van der Waals surface area contributed by atoms with E-state index < -0.39 is 11.4 Å². The molecule has 2 N–H and O–H groups in total. The molecule has 0 bridgehead atoms. The Morgan fingerprint density at radius 3 is 2.68 bits per heavy atom. The van der Waals surface area contributed by atoms with Crippen molar-refractivity contribution < 1.29 is 14.3 Å². The summed E-state index contributed by atoms with van der Waals surface area (Å²) in [4.78, 5) is 21.6. The number of imidazole rings is 1. The van der Waals surface area contributed by atoms with Crippen molar-refractivity contribution in [1.82, 2.24) is 14.9 Å². The first kappa shape index (κ1) is 17.1. The average molecular weight is 341 g/mol. The number of rotatable bonds is 5. The van der Waals surface area contributed by atoms with Crippen LogP contribution < -0.4 is 0 Å². The summed E-state index contributed by atoms with van der Waals surface area (Å²) in [5, 5.41) is 10.2. The van der Waals surface area contributed by atoms with Gasteiger partial charge in [-0.2, -0.15) is 0 Å². The maximum Gasteiger partial charge on any atom is 0.256 e. The molecule has 0 spiro atoms. The molecule has 0 fully saturated rings. The van der Waals surface area contributed by atoms with E-state index in [0.717, 1.165) is 5.56 Å². The molecule has 1 aromatic heterocycles. The van der Waals surface area contributed by atoms with Crippen LogP contribution >= 0.6 is 0 Å². The number of benzene rings is 2. The van der Waals surface area contributed by atoms with Crippen molar-refractivity contribution in [1.29, 1.82) is 0 Å². The number of nitrogens with zero attached hydrogens (tertiary/aromatic N) is 2. The third-order valence-electron chi connectivity index (χ3n) is 3.80. The molecular weight excluding hydrogens is 321 g/mol. The maximum atomic E-state index is 13.9. The highest BCUT2D eigenvalue weighted by Gasteiger charge is 2.26. The lowest BCUT2D eigenvalue weighted by Gasteiger charge is -2.29. The van der Waals surface area contributed by atoms with Crippen LogP contribution in [0.4, 0.5) is 4.39 Å². The van der Waals surface area contributed by atoms with Crippen molar-refractivity contribution in [2.24, 2.45) is 0 Å². The largest absolute Gasteiger partial charge is 0.389 e. The van der Waals surface area contributed by atoms with E-state index in [-0.39, 0.29) is 18.0 Å². The molecule has 5 nitrogen and oxygen atoms in total. The van der Waals surface area contributed by atoms with Crippen LogP contribution in [0.25, 0.3) is 11.0 Å². The molecule has 0 aliphatic rings. The SMILES string of the molecule is CC(C)(O)CN(Cc1ccccc1)C(=O)c1cc(F)cc2[nH]cnc12. The van der Waals surface area contributed by atoms with E-state index in [4.69, 9.17) is 0 Å². The van der Waals surface area contributed by atoms with Gasteiger partial charge in [-0.15, -0.1) is 0 Å². The van der Waals surface area contributed by atoms with E-state index in [1.165, 1.54) is 23.4 Å². The number of aliphatic hydroxyl groups is 1. The second kappa shape index (κ2) is 6.64. The van der Waals surface area contributed by atoms with Gasteiger partial charge in [0.25, 0.3) is 5.91 Å². The van der Waals surface area contributed by atoms with Crippen LogP contribution in [0, 0.1) is 5.82 Å². The van der Waals surface area contributed by atoms with Crippen molar-refractivity contribution in [3.63, 3.8) is 0 Å². The summed E-state index contributed by atoms with van der Waals surface area (Å²) in [6, 6.07) is 12.0. The van der Waals surface area contributed by atoms with Crippen LogP contribution in [0.15, 0.2) is 48.8 Å². The van der Waals surface area contributed by atoms with E-state index >= 15 is 0 Å². The average Bonchev–Trinajstić information content (AvgIpc) is 3.00. The van der Waals surface area contributed by atoms with Gasteiger partial charge in [-0.25, -0.2) is 9.37 Å². The zero-order chi connectivity index (χ0) is 18.0. The zero-order valence-corrected chi connectivity index (χ0v) is 14.2. The van der Waals surface area contributed by atoms with Crippen LogP contribution in [0.1, 0.15) is 29.8 Å². The first-order valence-corrected chi connectivity index (χ1v) is 8.02. The number of nitrogens with one attached hydrogen (secondary N) is 1. The molecule has 6 heteroatoms. The minimum atomic E-state index is -1.08. The van der Waals surface area contributed by atoms with Crippen LogP contribution in [0.5, 0.6) is 0 Å². The number of halogens is 1. The van der Waals surface area contributed by atoms with Crippen LogP contribution in [-0.2, 0) is 6.54 Å². The summed E-state index contributed by atoms with van der Waals surface area (Å²) in [7, 11) is 0. The maximum absolute atomic E-state index is 13.9. The predicted octanol–water partition coefficient (Wildman–Crippen LogP) is 3.12. The number of hydrogen-bond acceptors (Lipinski definition) is 3. The fraction of sp³-hybridized carbons (Fsp3) is 0.263. The van der Waals surface area contributed by atoms with Gasteiger partial charge in [-0.05, 0) is 31.5 Å². The van der Waals surface area contributed by atoms with Gasteiger partial charge in [0, 0.05) is 13.1 Å². The molecule has 0 unspecified atom stereocenters. The molecular formula is C19H20FN3O2. The Morgan fingerprint density at radius 1 is 1.28 bits per heavy atom. The van der Waals surface area contributed by atoms with Gasteiger partial charge in [0.15, 0.2) is 0 Å². The normalized spacial score (nSPS) is 11.7. The topological polar surface area (TPSA) is 69.2 Å². The summed E-state index contributed by atoms with van der Waals surface area (Å²) >= 11 is 0. The van der Waals surface area contributed by atoms with Crippen molar-refractivity contribution in [3.05, 3.63) is 65.7 Å². The smallest absolute Gasteiger partial charge is 0.256 e. The fourth-order valence-corrected chi connectivity index (χ4v) is 2.82. The lowest BCUT2D eigenvalue weighted by Crippen LogP contribution is -2.42. The Kier molecular flexibility index (Phi) is 4.55. The monoisotopic (exact) mass is 341 g/mol. The lowest BCUT2D eigenvalue weighted by molar-refractivity contribution is 0.0281. The van der Waals surface area contributed by atoms with Gasteiger partial charge in [0.05, 0.1) is 23.0 Å². The number of carbonyl (C=O) groups excluding carboxylic acids is 1. The van der Waals surface area contributed by atoms with Crippen LogP contribution in [-0.4, -0.2) is 38.0 Å². The highest BCUT2D eigenvalue weighted by molar-refractivity contribution is 6.04. The lowest BCUT2D eigenvalue weighted by atomic mass is 10.1. The Labute approximate surface area is 145 Å². The molecule has 1 amide bonds. The highest BCUT2D eigenvalue weighted by Crippen LogP contribution is 2.21. The number of hydrogen-bond donors (Lipinski definition) is 2. The molecule has 130 valence electrons. The molecule has 0 saturated heterocycles. The number of carbonyl (C=O) groups is 1. The van der Waals surface area contributed by atoms with Crippen LogP contribution in [0.2, 0.25) is 0 Å². The van der Waals surface area contributed by atoms with E-state index in [1.807, 2.05) is 30.3 Å². The number of aromatic amines is 1. The fourth-order valence-electron chi connectivity index (χ4n) is 2.82. The summed E-state index contributed by atoms with van der Waals surface area (Å²) in [6.07, 6.45) is 1.43. The van der Waals surface area contributed by atoms with Crippen molar-refractivity contribution in [2.75, 3.05) is 6.54 Å². The molecule has 0 saturated carbocycles. The van der Waals surface area contributed by atoms with Crippen molar-refractivity contribution in [3.8, 4) is 0 Å².